The van der Waals surface area contributed by atoms with Crippen LogP contribution in [0.4, 0.5) is 0 Å². The van der Waals surface area contributed by atoms with Gasteiger partial charge in [-0.1, -0.05) is 22.9 Å². The molecule has 132 valence electrons. The molecule has 4 nitrogen and oxygen atoms in total. The molecule has 1 aromatic heterocycles. The second-order valence-corrected chi connectivity index (χ2v) is 7.80. The van der Waals surface area contributed by atoms with Gasteiger partial charge in [0.1, 0.15) is 0 Å². The first-order chi connectivity index (χ1) is 11.1. The van der Waals surface area contributed by atoms with Gasteiger partial charge in [-0.05, 0) is 35.9 Å². The summed E-state index contributed by atoms with van der Waals surface area (Å²) in [7, 11) is 3.82. The Bertz CT molecular complexity index is 642. The van der Waals surface area contributed by atoms with Crippen LogP contribution in [0.1, 0.15) is 12.5 Å². The van der Waals surface area contributed by atoms with Gasteiger partial charge in [-0.3, -0.25) is 4.99 Å². The van der Waals surface area contributed by atoms with Crippen LogP contribution in [0, 0.1) is 0 Å². The van der Waals surface area contributed by atoms with E-state index in [4.69, 9.17) is 0 Å². The monoisotopic (exact) mass is 522 g/mol. The number of aliphatic imine (C=N–C) groups is 1. The van der Waals surface area contributed by atoms with Gasteiger partial charge in [0.15, 0.2) is 5.96 Å². The molecule has 0 aliphatic rings. The van der Waals surface area contributed by atoms with Crippen LogP contribution in [0.2, 0.25) is 0 Å². The van der Waals surface area contributed by atoms with E-state index in [1.165, 1.54) is 10.5 Å². The topological polar surface area (TPSA) is 41.4 Å². The molecule has 2 N–H and O–H groups in total. The number of benzene rings is 1. The Morgan fingerprint density at radius 1 is 1.25 bits per heavy atom. The van der Waals surface area contributed by atoms with Crippen LogP contribution in [0.25, 0.3) is 0 Å². The highest BCUT2D eigenvalue weighted by Gasteiger charge is 2.06. The molecule has 1 unspecified atom stereocenters. The van der Waals surface area contributed by atoms with Crippen molar-refractivity contribution in [3.63, 3.8) is 0 Å². The SMILES string of the molecule is CN=C(NCc1ccn(C)c1)NCC(C)Sc1ccc(Br)cc1.I. The summed E-state index contributed by atoms with van der Waals surface area (Å²) in [6.45, 7) is 3.84. The van der Waals surface area contributed by atoms with Gasteiger partial charge in [0.2, 0.25) is 0 Å². The van der Waals surface area contributed by atoms with Crippen LogP contribution in [0.15, 0.2) is 57.1 Å². The molecule has 0 saturated heterocycles. The fourth-order valence-corrected chi connectivity index (χ4v) is 3.29. The molecule has 0 saturated carbocycles. The molecule has 0 bridgehead atoms. The zero-order valence-corrected chi connectivity index (χ0v) is 18.9. The summed E-state index contributed by atoms with van der Waals surface area (Å²) in [6, 6.07) is 10.5. The smallest absolute Gasteiger partial charge is 0.191 e. The molecule has 0 amide bonds. The van der Waals surface area contributed by atoms with E-state index >= 15 is 0 Å². The van der Waals surface area contributed by atoms with Crippen LogP contribution in [0.5, 0.6) is 0 Å². The van der Waals surface area contributed by atoms with Crippen LogP contribution in [0.3, 0.4) is 0 Å². The lowest BCUT2D eigenvalue weighted by molar-refractivity contribution is 0.788. The van der Waals surface area contributed by atoms with Crippen molar-refractivity contribution in [3.05, 3.63) is 52.8 Å². The van der Waals surface area contributed by atoms with Crippen molar-refractivity contribution < 1.29 is 0 Å². The molecule has 1 heterocycles. The molecule has 1 aromatic carbocycles. The predicted octanol–water partition coefficient (Wildman–Crippen LogP) is 4.25. The van der Waals surface area contributed by atoms with Gasteiger partial charge < -0.3 is 15.2 Å². The molecule has 0 aliphatic carbocycles. The largest absolute Gasteiger partial charge is 0.357 e. The van der Waals surface area contributed by atoms with E-state index in [1.807, 2.05) is 29.6 Å². The Morgan fingerprint density at radius 2 is 1.96 bits per heavy atom. The van der Waals surface area contributed by atoms with Gasteiger partial charge in [0, 0.05) is 54.2 Å². The predicted molar refractivity (Wildman–Crippen MR) is 118 cm³/mol. The first kappa shape index (κ1) is 21.4. The molecule has 2 rings (SSSR count). The first-order valence-corrected chi connectivity index (χ1v) is 9.21. The number of aromatic nitrogens is 1. The number of nitrogens with one attached hydrogen (secondary N) is 2. The van der Waals surface area contributed by atoms with Crippen LogP contribution >= 0.6 is 51.7 Å². The maximum Gasteiger partial charge on any atom is 0.191 e. The van der Waals surface area contributed by atoms with Crippen LogP contribution < -0.4 is 10.6 Å². The van der Waals surface area contributed by atoms with Crippen molar-refractivity contribution in [1.29, 1.82) is 0 Å². The number of nitrogens with zero attached hydrogens (tertiary/aromatic N) is 2. The molecule has 1 atom stereocenters. The molecule has 24 heavy (non-hydrogen) atoms. The van der Waals surface area contributed by atoms with E-state index < -0.39 is 0 Å². The van der Waals surface area contributed by atoms with Gasteiger partial charge >= 0.3 is 0 Å². The lowest BCUT2D eigenvalue weighted by Gasteiger charge is -2.15. The number of halogens is 2. The second kappa shape index (κ2) is 11.0. The third-order valence-electron chi connectivity index (χ3n) is 3.28. The molecule has 0 spiro atoms. The number of guanidine groups is 1. The Labute approximate surface area is 174 Å². The minimum atomic E-state index is 0. The average Bonchev–Trinajstić information content (AvgIpc) is 2.95. The van der Waals surface area contributed by atoms with Crippen molar-refractivity contribution in [2.75, 3.05) is 13.6 Å². The number of hydrogen-bond acceptors (Lipinski definition) is 2. The van der Waals surface area contributed by atoms with E-state index in [1.54, 1.807) is 7.05 Å². The summed E-state index contributed by atoms with van der Waals surface area (Å²) in [5.41, 5.74) is 1.24. The van der Waals surface area contributed by atoms with Gasteiger partial charge in [-0.15, -0.1) is 35.7 Å². The third kappa shape index (κ3) is 7.48. The van der Waals surface area contributed by atoms with Crippen molar-refractivity contribution in [2.45, 2.75) is 23.6 Å². The minimum absolute atomic E-state index is 0. The Hall–Kier alpha value is -0.670. The molecular weight excluding hydrogens is 499 g/mol. The molecule has 0 fully saturated rings. The summed E-state index contributed by atoms with van der Waals surface area (Å²) in [6.07, 6.45) is 4.15. The highest BCUT2D eigenvalue weighted by molar-refractivity contribution is 14.0. The number of rotatable bonds is 6. The molecular formula is C17H24BrIN4S. The van der Waals surface area contributed by atoms with E-state index in [9.17, 15) is 0 Å². The van der Waals surface area contributed by atoms with Gasteiger partial charge in [0.05, 0.1) is 0 Å². The maximum absolute atomic E-state index is 4.27. The van der Waals surface area contributed by atoms with Crippen molar-refractivity contribution in [2.24, 2.45) is 12.0 Å². The van der Waals surface area contributed by atoms with Crippen molar-refractivity contribution in [3.8, 4) is 0 Å². The first-order valence-electron chi connectivity index (χ1n) is 7.54. The quantitative estimate of drug-likeness (QED) is 0.258. The molecule has 7 heteroatoms. The highest BCUT2D eigenvalue weighted by atomic mass is 127. The zero-order valence-electron chi connectivity index (χ0n) is 14.1. The second-order valence-electron chi connectivity index (χ2n) is 5.37. The summed E-state index contributed by atoms with van der Waals surface area (Å²) in [4.78, 5) is 5.55. The van der Waals surface area contributed by atoms with Gasteiger partial charge in [-0.25, -0.2) is 0 Å². The van der Waals surface area contributed by atoms with Crippen molar-refractivity contribution >= 4 is 57.6 Å². The standard InChI is InChI=1S/C17H23BrN4S.HI/c1-13(23-16-6-4-15(18)5-7-16)10-20-17(19-2)21-11-14-8-9-22(3)12-14;/h4-9,12-13H,10-11H2,1-3H3,(H2,19,20,21);1H. The number of aryl methyl sites for hydroxylation is 1. The molecule has 0 aliphatic heterocycles. The summed E-state index contributed by atoms with van der Waals surface area (Å²) >= 11 is 5.31. The normalized spacial score (nSPS) is 12.4. The zero-order chi connectivity index (χ0) is 16.7. The minimum Gasteiger partial charge on any atom is -0.357 e. The summed E-state index contributed by atoms with van der Waals surface area (Å²) in [5.74, 6) is 0.831. The highest BCUT2D eigenvalue weighted by Crippen LogP contribution is 2.24. The fourth-order valence-electron chi connectivity index (χ4n) is 2.10. The van der Waals surface area contributed by atoms with Crippen LogP contribution in [-0.4, -0.2) is 29.4 Å². The summed E-state index contributed by atoms with van der Waals surface area (Å²) < 4.78 is 3.16. The van der Waals surface area contributed by atoms with Crippen molar-refractivity contribution in [1.82, 2.24) is 15.2 Å². The Kier molecular flexibility index (Phi) is 9.84. The van der Waals surface area contributed by atoms with E-state index in [-0.39, 0.29) is 24.0 Å². The Morgan fingerprint density at radius 3 is 2.54 bits per heavy atom. The van der Waals surface area contributed by atoms with Gasteiger partial charge in [0.25, 0.3) is 0 Å². The van der Waals surface area contributed by atoms with E-state index in [2.05, 4.69) is 75.0 Å². The average molecular weight is 523 g/mol. The Balaban J connectivity index is 0.00000288. The maximum atomic E-state index is 4.27. The van der Waals surface area contributed by atoms with E-state index in [0.717, 1.165) is 23.5 Å². The molecule has 0 radical (unpaired) electrons. The third-order valence-corrected chi connectivity index (χ3v) is 4.93. The number of hydrogen-bond donors (Lipinski definition) is 2. The summed E-state index contributed by atoms with van der Waals surface area (Å²) in [5, 5.41) is 7.17. The van der Waals surface area contributed by atoms with Crippen LogP contribution in [-0.2, 0) is 13.6 Å². The fraction of sp³-hybridized carbons (Fsp3) is 0.353. The number of thioether (sulfide) groups is 1. The lowest BCUT2D eigenvalue weighted by atomic mass is 10.3. The van der Waals surface area contributed by atoms with Gasteiger partial charge in [-0.2, -0.15) is 0 Å². The lowest BCUT2D eigenvalue weighted by Crippen LogP contribution is -2.39. The van der Waals surface area contributed by atoms with E-state index in [0.29, 0.717) is 5.25 Å². The molecule has 2 aromatic rings.